The van der Waals surface area contributed by atoms with Crippen LogP contribution in [-0.2, 0) is 20.1 Å². The van der Waals surface area contributed by atoms with Crippen LogP contribution in [0.5, 0.6) is 0 Å². The van der Waals surface area contributed by atoms with Crippen molar-refractivity contribution in [1.82, 2.24) is 19.5 Å². The topological polar surface area (TPSA) is 100 Å². The zero-order chi connectivity index (χ0) is 36.6. The van der Waals surface area contributed by atoms with Gasteiger partial charge in [0.25, 0.3) is 0 Å². The number of rotatable bonds is 11. The molecule has 4 aromatic rings. The van der Waals surface area contributed by atoms with E-state index in [4.69, 9.17) is 35.2 Å². The number of anilines is 1. The molecule has 4 atom stereocenters. The molecule has 0 bridgehead atoms. The molecule has 0 amide bonds. The van der Waals surface area contributed by atoms with Crippen LogP contribution in [0.15, 0.2) is 60.9 Å². The Kier molecular flexibility index (Phi) is 11.9. The molecule has 2 aromatic carbocycles. The number of hydrogen-bond donors (Lipinski definition) is 1. The van der Waals surface area contributed by atoms with E-state index in [2.05, 4.69) is 119 Å². The van der Waals surface area contributed by atoms with E-state index >= 15 is 0 Å². The number of imidazole rings is 1. The third kappa shape index (κ3) is 8.77. The summed E-state index contributed by atoms with van der Waals surface area (Å²) in [4.78, 5) is 27.3. The maximum absolute atomic E-state index is 13.2. The lowest BCUT2D eigenvalue weighted by Crippen LogP contribution is -2.54. The Morgan fingerprint density at radius 2 is 1.58 bits per heavy atom. The summed E-state index contributed by atoms with van der Waals surface area (Å²) in [6.07, 6.45) is 1.05. The summed E-state index contributed by atoms with van der Waals surface area (Å²) in [7, 11) is -4.68. The zero-order valence-corrected chi connectivity index (χ0v) is 36.3. The Bertz CT molecular complexity index is 1820. The fourth-order valence-electron chi connectivity index (χ4n) is 5.22. The lowest BCUT2D eigenvalue weighted by Gasteiger charge is -2.44. The number of aromatic nitrogens is 4. The molecule has 1 fully saturated rings. The van der Waals surface area contributed by atoms with E-state index in [9.17, 15) is 4.79 Å². The summed E-state index contributed by atoms with van der Waals surface area (Å²) in [5, 5.41) is 2.94. The molecule has 0 saturated carbocycles. The van der Waals surface area contributed by atoms with Crippen molar-refractivity contribution in [2.24, 2.45) is 0 Å². The van der Waals surface area contributed by atoms with Gasteiger partial charge in [-0.15, -0.1) is 11.8 Å². The number of nitrogens with one attached hydrogen (secondary N) is 1. The Morgan fingerprint density at radius 3 is 2.20 bits per heavy atom. The molecule has 1 aliphatic rings. The van der Waals surface area contributed by atoms with Crippen molar-refractivity contribution < 1.29 is 18.4 Å². The smallest absolute Gasteiger partial charge is 0.338 e. The van der Waals surface area contributed by atoms with Crippen molar-refractivity contribution >= 4 is 85.5 Å². The molecule has 270 valence electrons. The molecule has 9 nitrogen and oxygen atoms in total. The molecule has 1 saturated heterocycles. The van der Waals surface area contributed by atoms with Gasteiger partial charge >= 0.3 is 5.97 Å². The van der Waals surface area contributed by atoms with Crippen molar-refractivity contribution in [1.29, 1.82) is 0 Å². The first-order valence-electron chi connectivity index (χ1n) is 16.9. The third-order valence-corrected chi connectivity index (χ3v) is 21.5. The van der Waals surface area contributed by atoms with E-state index in [1.807, 2.05) is 28.8 Å². The molecule has 0 radical (unpaired) electrons. The second-order valence-corrected chi connectivity index (χ2v) is 28.3. The third-order valence-electron chi connectivity index (χ3n) is 10.2. The molecular weight excluding hydrogens is 817 g/mol. The highest BCUT2D eigenvalue weighted by atomic mass is 127. The van der Waals surface area contributed by atoms with E-state index in [0.29, 0.717) is 29.1 Å². The van der Waals surface area contributed by atoms with Crippen molar-refractivity contribution in [3.63, 3.8) is 0 Å². The molecule has 50 heavy (non-hydrogen) atoms. The number of halogens is 2. The second kappa shape index (κ2) is 15.1. The van der Waals surface area contributed by atoms with Crippen LogP contribution >= 0.6 is 46.0 Å². The first kappa shape index (κ1) is 39.2. The number of ether oxygens (including phenoxy) is 1. The molecule has 2 aromatic heterocycles. The summed E-state index contributed by atoms with van der Waals surface area (Å²) < 4.78 is 23.9. The van der Waals surface area contributed by atoms with Crippen molar-refractivity contribution in [3.05, 3.63) is 80.9 Å². The van der Waals surface area contributed by atoms with Gasteiger partial charge in [-0.25, -0.2) is 9.78 Å². The summed E-state index contributed by atoms with van der Waals surface area (Å²) in [6.45, 7) is 23.2. The summed E-state index contributed by atoms with van der Waals surface area (Å²) in [5.41, 5.74) is 2.85. The van der Waals surface area contributed by atoms with Gasteiger partial charge in [-0.2, -0.15) is 9.97 Å². The minimum atomic E-state index is -2.35. The number of nitrogens with zero attached hydrogens (tertiary/aromatic N) is 4. The molecule has 1 aliphatic heterocycles. The van der Waals surface area contributed by atoms with Gasteiger partial charge in [0.2, 0.25) is 5.28 Å². The summed E-state index contributed by atoms with van der Waals surface area (Å²) >= 11 is 10.6. The highest BCUT2D eigenvalue weighted by molar-refractivity contribution is 14.1. The van der Waals surface area contributed by atoms with Crippen LogP contribution in [0.25, 0.3) is 11.2 Å². The Hall–Kier alpha value is -2.02. The van der Waals surface area contributed by atoms with Gasteiger partial charge in [-0.3, -0.25) is 4.57 Å². The Morgan fingerprint density at radius 1 is 0.940 bits per heavy atom. The predicted molar refractivity (Wildman–Crippen MR) is 218 cm³/mol. The monoisotopic (exact) mass is 865 g/mol. The molecule has 0 aliphatic carbocycles. The summed E-state index contributed by atoms with van der Waals surface area (Å²) in [5.74, 6) is 0.198. The molecular formula is C36H49ClIN5O4SSi2. The van der Waals surface area contributed by atoms with Gasteiger partial charge in [0.05, 0.1) is 23.2 Å². The van der Waals surface area contributed by atoms with Crippen LogP contribution in [0.1, 0.15) is 62.8 Å². The number of thioether (sulfide) groups is 1. The van der Waals surface area contributed by atoms with Gasteiger partial charge in [-0.05, 0) is 100 Å². The molecule has 5 rings (SSSR count). The fraction of sp³-hybridized carbons (Fsp3) is 0.500. The highest BCUT2D eigenvalue weighted by Gasteiger charge is 2.54. The standard InChI is InChI=1S/C36H49ClIN5O4SSi2/c1-35(2,3)49(7,8)46-28-26(21-45-33(44)24-16-12-11-13-17-24)48-32(29(28)47-50(9,10)36(4,5)6)43-22-40-27-30(41-34(37)42-31(27)43)39-20-23-15-14-18-25(38)19-23/h11-19,22,26,28-29,32H,20-21H2,1-10H3,(H,39,41,42). The Labute approximate surface area is 321 Å². The van der Waals surface area contributed by atoms with Crippen LogP contribution in [-0.4, -0.2) is 66.2 Å². The van der Waals surface area contributed by atoms with E-state index < -0.39 is 16.6 Å². The largest absolute Gasteiger partial charge is 0.461 e. The average Bonchev–Trinajstić information content (AvgIpc) is 3.58. The van der Waals surface area contributed by atoms with Gasteiger partial charge in [0.1, 0.15) is 18.1 Å². The fourth-order valence-corrected chi connectivity index (χ4v) is 10.3. The number of benzene rings is 2. The number of carbonyl (C=O) groups is 1. The van der Waals surface area contributed by atoms with E-state index in [0.717, 1.165) is 9.13 Å². The molecule has 3 heterocycles. The predicted octanol–water partition coefficient (Wildman–Crippen LogP) is 9.95. The van der Waals surface area contributed by atoms with Crippen LogP contribution in [0.3, 0.4) is 0 Å². The molecule has 0 spiro atoms. The van der Waals surface area contributed by atoms with E-state index in [-0.39, 0.29) is 50.8 Å². The van der Waals surface area contributed by atoms with Gasteiger partial charge in [0.15, 0.2) is 33.6 Å². The molecule has 4 unspecified atom stereocenters. The average molecular weight is 866 g/mol. The van der Waals surface area contributed by atoms with Gasteiger partial charge in [-0.1, -0.05) is 71.9 Å². The quantitative estimate of drug-likeness (QED) is 0.0684. The number of hydrogen-bond acceptors (Lipinski definition) is 9. The van der Waals surface area contributed by atoms with Crippen molar-refractivity contribution in [3.8, 4) is 0 Å². The second-order valence-electron chi connectivity index (χ2n) is 15.9. The molecule has 1 N–H and O–H groups in total. The first-order chi connectivity index (χ1) is 23.3. The lowest BCUT2D eigenvalue weighted by atomic mass is 10.1. The van der Waals surface area contributed by atoms with Crippen LogP contribution in [0.2, 0.25) is 41.5 Å². The minimum Gasteiger partial charge on any atom is -0.461 e. The summed E-state index contributed by atoms with van der Waals surface area (Å²) in [6, 6.07) is 17.4. The first-order valence-corrected chi connectivity index (χ1v) is 25.1. The maximum Gasteiger partial charge on any atom is 0.338 e. The van der Waals surface area contributed by atoms with E-state index in [1.54, 1.807) is 30.2 Å². The van der Waals surface area contributed by atoms with Crippen LogP contribution in [0.4, 0.5) is 5.82 Å². The van der Waals surface area contributed by atoms with E-state index in [1.165, 1.54) is 0 Å². The van der Waals surface area contributed by atoms with Crippen molar-refractivity contribution in [2.75, 3.05) is 11.9 Å². The lowest BCUT2D eigenvalue weighted by molar-refractivity contribution is 0.0163. The number of carbonyl (C=O) groups excluding carboxylic acids is 1. The maximum atomic E-state index is 13.2. The van der Waals surface area contributed by atoms with Crippen LogP contribution in [0, 0.1) is 3.57 Å². The van der Waals surface area contributed by atoms with Crippen molar-refractivity contribution in [2.45, 2.75) is 107 Å². The highest BCUT2D eigenvalue weighted by Crippen LogP contribution is 2.51. The zero-order valence-electron chi connectivity index (χ0n) is 30.6. The normalized spacial score (nSPS) is 20.3. The van der Waals surface area contributed by atoms with Gasteiger partial charge < -0.3 is 18.9 Å². The van der Waals surface area contributed by atoms with Gasteiger partial charge in [0, 0.05) is 10.1 Å². The minimum absolute atomic E-state index is 0.0532. The Balaban J connectivity index is 1.56. The SMILES string of the molecule is CC(C)(C)[Si](C)(C)OC1C(COC(=O)c2ccccc2)SC(n2cnc3c(NCc4cccc(I)c4)nc(Cl)nc32)C1O[Si](C)(C)C(C)(C)C. The number of esters is 1. The van der Waals surface area contributed by atoms with Crippen LogP contribution < -0.4 is 5.32 Å². The number of fused-ring (bicyclic) bond motifs is 1. The molecule has 14 heteroatoms.